The molecule has 1 aliphatic heterocycles. The highest BCUT2D eigenvalue weighted by atomic mass is 16.2. The van der Waals surface area contributed by atoms with Gasteiger partial charge in [-0.3, -0.25) is 14.5 Å². The highest BCUT2D eigenvalue weighted by molar-refractivity contribution is 6.10. The Morgan fingerprint density at radius 3 is 2.31 bits per heavy atom. The van der Waals surface area contributed by atoms with Gasteiger partial charge in [-0.05, 0) is 42.0 Å². The summed E-state index contributed by atoms with van der Waals surface area (Å²) in [5.74, 6) is -0.367. The summed E-state index contributed by atoms with van der Waals surface area (Å²) in [6.45, 7) is 5.79. The summed E-state index contributed by atoms with van der Waals surface area (Å²) < 4.78 is 0. The maximum atomic E-state index is 13.1. The first kappa shape index (κ1) is 20.6. The van der Waals surface area contributed by atoms with Gasteiger partial charge in [0.1, 0.15) is 12.1 Å². The highest BCUT2D eigenvalue weighted by Crippen LogP contribution is 2.32. The number of amides is 4. The Kier molecular flexibility index (Phi) is 6.01. The average molecular weight is 393 g/mol. The molecule has 6 heteroatoms. The second-order valence-corrected chi connectivity index (χ2v) is 7.43. The van der Waals surface area contributed by atoms with E-state index in [4.69, 9.17) is 0 Å². The van der Waals surface area contributed by atoms with Crippen LogP contribution in [0.15, 0.2) is 54.6 Å². The van der Waals surface area contributed by atoms with Crippen molar-refractivity contribution in [1.82, 2.24) is 10.2 Å². The minimum absolute atomic E-state index is 0.327. The lowest BCUT2D eigenvalue weighted by atomic mass is 9.87. The molecule has 6 nitrogen and oxygen atoms in total. The summed E-state index contributed by atoms with van der Waals surface area (Å²) in [5.41, 5.74) is 1.43. The number of nitrogens with zero attached hydrogens (tertiary/aromatic N) is 1. The van der Waals surface area contributed by atoms with Crippen LogP contribution in [0, 0.1) is 0 Å². The zero-order chi connectivity index (χ0) is 21.0. The van der Waals surface area contributed by atoms with Crippen LogP contribution < -0.4 is 10.6 Å². The summed E-state index contributed by atoms with van der Waals surface area (Å²) in [6, 6.07) is 16.2. The van der Waals surface area contributed by atoms with E-state index in [-0.39, 0.29) is 6.54 Å². The van der Waals surface area contributed by atoms with Gasteiger partial charge in [0.05, 0.1) is 0 Å². The standard InChI is InChI=1S/C23H27N3O3/c1-4-16(3)17-11-13-19(14-12-17)24-20(27)15-26-21(28)23(5-2,25-22(26)29)18-9-7-6-8-10-18/h6-14,16H,4-5,15H2,1-3H3,(H,24,27)(H,25,29). The minimum atomic E-state index is -1.13. The van der Waals surface area contributed by atoms with Crippen LogP contribution in [0.4, 0.5) is 10.5 Å². The molecule has 1 fully saturated rings. The Bertz CT molecular complexity index is 895. The molecule has 0 radical (unpaired) electrons. The normalized spacial score (nSPS) is 19.8. The van der Waals surface area contributed by atoms with Crippen LogP contribution in [-0.2, 0) is 15.1 Å². The van der Waals surface area contributed by atoms with Gasteiger partial charge in [-0.25, -0.2) is 4.79 Å². The van der Waals surface area contributed by atoms with Crippen LogP contribution >= 0.6 is 0 Å². The molecular weight excluding hydrogens is 366 g/mol. The first-order valence-electron chi connectivity index (χ1n) is 10.0. The molecule has 3 rings (SSSR count). The lowest BCUT2D eigenvalue weighted by molar-refractivity contribution is -0.134. The molecule has 1 saturated heterocycles. The fourth-order valence-electron chi connectivity index (χ4n) is 3.61. The third-order valence-corrected chi connectivity index (χ3v) is 5.65. The van der Waals surface area contributed by atoms with Crippen molar-refractivity contribution in [2.75, 3.05) is 11.9 Å². The predicted molar refractivity (Wildman–Crippen MR) is 112 cm³/mol. The monoisotopic (exact) mass is 393 g/mol. The first-order chi connectivity index (χ1) is 13.9. The Labute approximate surface area is 171 Å². The molecule has 2 aromatic carbocycles. The molecule has 2 N–H and O–H groups in total. The number of hydrogen-bond acceptors (Lipinski definition) is 3. The predicted octanol–water partition coefficient (Wildman–Crippen LogP) is 4.00. The highest BCUT2D eigenvalue weighted by Gasteiger charge is 2.51. The van der Waals surface area contributed by atoms with Crippen molar-refractivity contribution in [2.24, 2.45) is 0 Å². The van der Waals surface area contributed by atoms with Crippen molar-refractivity contribution >= 4 is 23.5 Å². The molecule has 0 bridgehead atoms. The van der Waals surface area contributed by atoms with E-state index in [1.165, 1.54) is 5.56 Å². The second kappa shape index (κ2) is 8.47. The summed E-state index contributed by atoms with van der Waals surface area (Å²) in [6.07, 6.45) is 1.44. The van der Waals surface area contributed by atoms with E-state index in [0.717, 1.165) is 11.3 Å². The number of imide groups is 1. The van der Waals surface area contributed by atoms with Crippen LogP contribution in [0.3, 0.4) is 0 Å². The van der Waals surface area contributed by atoms with Crippen molar-refractivity contribution < 1.29 is 14.4 Å². The molecule has 29 heavy (non-hydrogen) atoms. The van der Waals surface area contributed by atoms with E-state index < -0.39 is 23.4 Å². The molecule has 1 heterocycles. The van der Waals surface area contributed by atoms with Crippen LogP contribution in [0.2, 0.25) is 0 Å². The quantitative estimate of drug-likeness (QED) is 0.698. The van der Waals surface area contributed by atoms with Gasteiger partial charge in [-0.15, -0.1) is 0 Å². The van der Waals surface area contributed by atoms with Gasteiger partial charge in [0, 0.05) is 5.69 Å². The number of carbonyl (C=O) groups excluding carboxylic acids is 3. The lowest BCUT2D eigenvalue weighted by Gasteiger charge is -2.25. The van der Waals surface area contributed by atoms with Gasteiger partial charge in [0.25, 0.3) is 5.91 Å². The van der Waals surface area contributed by atoms with Crippen molar-refractivity contribution in [3.05, 3.63) is 65.7 Å². The lowest BCUT2D eigenvalue weighted by Crippen LogP contribution is -2.44. The number of benzene rings is 2. The number of nitrogens with one attached hydrogen (secondary N) is 2. The molecule has 0 aromatic heterocycles. The van der Waals surface area contributed by atoms with Gasteiger partial charge in [0.15, 0.2) is 0 Å². The Morgan fingerprint density at radius 1 is 1.07 bits per heavy atom. The number of anilines is 1. The topological polar surface area (TPSA) is 78.5 Å². The largest absolute Gasteiger partial charge is 0.325 e. The summed E-state index contributed by atoms with van der Waals surface area (Å²) in [5, 5.41) is 5.55. The van der Waals surface area contributed by atoms with Crippen molar-refractivity contribution in [3.63, 3.8) is 0 Å². The van der Waals surface area contributed by atoms with Gasteiger partial charge < -0.3 is 10.6 Å². The molecule has 2 atom stereocenters. The summed E-state index contributed by atoms with van der Waals surface area (Å²) in [4.78, 5) is 39.0. The van der Waals surface area contributed by atoms with Crippen LogP contribution in [-0.4, -0.2) is 29.3 Å². The third-order valence-electron chi connectivity index (χ3n) is 5.65. The molecule has 152 valence electrons. The minimum Gasteiger partial charge on any atom is -0.325 e. The SMILES string of the molecule is CCC(C)c1ccc(NC(=O)CN2C(=O)NC(CC)(c3ccccc3)C2=O)cc1. The van der Waals surface area contributed by atoms with Crippen LogP contribution in [0.5, 0.6) is 0 Å². The van der Waals surface area contributed by atoms with Gasteiger partial charge in [0.2, 0.25) is 5.91 Å². The van der Waals surface area contributed by atoms with E-state index in [1.807, 2.05) is 61.5 Å². The van der Waals surface area contributed by atoms with Crippen molar-refractivity contribution in [3.8, 4) is 0 Å². The molecule has 2 aromatic rings. The Hall–Kier alpha value is -3.15. The van der Waals surface area contributed by atoms with E-state index in [9.17, 15) is 14.4 Å². The van der Waals surface area contributed by atoms with E-state index >= 15 is 0 Å². The molecule has 0 saturated carbocycles. The maximum Gasteiger partial charge on any atom is 0.325 e. The van der Waals surface area contributed by atoms with Crippen LogP contribution in [0.1, 0.15) is 50.7 Å². The molecule has 0 spiro atoms. The Balaban J connectivity index is 1.70. The second-order valence-electron chi connectivity index (χ2n) is 7.43. The van der Waals surface area contributed by atoms with E-state index in [2.05, 4.69) is 24.5 Å². The van der Waals surface area contributed by atoms with Gasteiger partial charge in [-0.1, -0.05) is 63.2 Å². The summed E-state index contributed by atoms with van der Waals surface area (Å²) in [7, 11) is 0. The molecule has 1 aliphatic rings. The van der Waals surface area contributed by atoms with E-state index in [0.29, 0.717) is 23.6 Å². The molecule has 2 unspecified atom stereocenters. The molecule has 4 amide bonds. The van der Waals surface area contributed by atoms with E-state index in [1.54, 1.807) is 0 Å². The molecule has 0 aliphatic carbocycles. The van der Waals surface area contributed by atoms with Gasteiger partial charge in [-0.2, -0.15) is 0 Å². The molecular formula is C23H27N3O3. The van der Waals surface area contributed by atoms with Crippen molar-refractivity contribution in [2.45, 2.75) is 45.1 Å². The third kappa shape index (κ3) is 4.01. The number of rotatable bonds is 7. The zero-order valence-corrected chi connectivity index (χ0v) is 17.1. The fraction of sp³-hybridized carbons (Fsp3) is 0.348. The summed E-state index contributed by atoms with van der Waals surface area (Å²) >= 11 is 0. The zero-order valence-electron chi connectivity index (χ0n) is 17.1. The number of urea groups is 1. The average Bonchev–Trinajstić information content (AvgIpc) is 2.99. The first-order valence-corrected chi connectivity index (χ1v) is 10.0. The van der Waals surface area contributed by atoms with Crippen molar-refractivity contribution in [1.29, 1.82) is 0 Å². The maximum absolute atomic E-state index is 13.1. The van der Waals surface area contributed by atoms with Gasteiger partial charge >= 0.3 is 6.03 Å². The fourth-order valence-corrected chi connectivity index (χ4v) is 3.61. The number of carbonyl (C=O) groups is 3. The van der Waals surface area contributed by atoms with Crippen LogP contribution in [0.25, 0.3) is 0 Å². The smallest absolute Gasteiger partial charge is 0.325 e. The Morgan fingerprint density at radius 2 is 1.72 bits per heavy atom. The number of hydrogen-bond donors (Lipinski definition) is 2.